The van der Waals surface area contributed by atoms with Crippen molar-refractivity contribution in [2.45, 2.75) is 19.1 Å². The summed E-state index contributed by atoms with van der Waals surface area (Å²) in [5.41, 5.74) is 6.54. The lowest BCUT2D eigenvalue weighted by Crippen LogP contribution is -2.24. The minimum absolute atomic E-state index is 0.195. The highest BCUT2D eigenvalue weighted by Crippen LogP contribution is 2.38. The van der Waals surface area contributed by atoms with Gasteiger partial charge in [-0.2, -0.15) is 0 Å². The summed E-state index contributed by atoms with van der Waals surface area (Å²) in [7, 11) is 0. The van der Waals surface area contributed by atoms with E-state index in [1.807, 2.05) is 0 Å². The van der Waals surface area contributed by atoms with E-state index >= 15 is 0 Å². The van der Waals surface area contributed by atoms with Gasteiger partial charge in [-0.3, -0.25) is 4.90 Å². The first-order chi connectivity index (χ1) is 11.8. The minimum atomic E-state index is 0.195. The monoisotopic (exact) mass is 311 g/mol. The molecule has 1 heteroatoms. The van der Waals surface area contributed by atoms with Gasteiger partial charge in [-0.05, 0) is 27.8 Å². The van der Waals surface area contributed by atoms with Crippen LogP contribution in [0.15, 0.2) is 91.5 Å². The number of hydrogen-bond donors (Lipinski definition) is 0. The molecule has 0 amide bonds. The Kier molecular flexibility index (Phi) is 4.02. The highest BCUT2D eigenvalue weighted by atomic mass is 15.2. The quantitative estimate of drug-likeness (QED) is 0.618. The topological polar surface area (TPSA) is 3.24 Å². The van der Waals surface area contributed by atoms with Crippen LogP contribution in [0.3, 0.4) is 0 Å². The van der Waals surface area contributed by atoms with E-state index in [1.165, 1.54) is 22.3 Å². The van der Waals surface area contributed by atoms with Gasteiger partial charge in [0.15, 0.2) is 0 Å². The molecule has 0 bridgehead atoms. The number of rotatable bonds is 4. The van der Waals surface area contributed by atoms with Gasteiger partial charge < -0.3 is 0 Å². The van der Waals surface area contributed by atoms with E-state index in [0.29, 0.717) is 0 Å². The zero-order chi connectivity index (χ0) is 16.4. The molecule has 1 aliphatic rings. The summed E-state index contributed by atoms with van der Waals surface area (Å²) >= 11 is 0. The highest BCUT2D eigenvalue weighted by molar-refractivity contribution is 5.69. The molecular formula is C23H21N. The maximum Gasteiger partial charge on any atom is 0.0607 e. The summed E-state index contributed by atoms with van der Waals surface area (Å²) in [5.74, 6) is 0. The van der Waals surface area contributed by atoms with Crippen molar-refractivity contribution < 1.29 is 0 Å². The Bertz CT molecular complexity index is 811. The van der Waals surface area contributed by atoms with Crippen LogP contribution in [0.5, 0.6) is 0 Å². The van der Waals surface area contributed by atoms with Gasteiger partial charge in [0.25, 0.3) is 0 Å². The predicted octanol–water partition coefficient (Wildman–Crippen LogP) is 5.46. The van der Waals surface area contributed by atoms with Crippen LogP contribution in [0.1, 0.15) is 28.3 Å². The van der Waals surface area contributed by atoms with Gasteiger partial charge >= 0.3 is 0 Å². The fraction of sp³-hybridized carbons (Fsp3) is 0.130. The summed E-state index contributed by atoms with van der Waals surface area (Å²) < 4.78 is 0. The van der Waals surface area contributed by atoms with Crippen LogP contribution < -0.4 is 0 Å². The molecule has 0 spiro atoms. The third kappa shape index (κ3) is 2.79. The number of nitrogens with zero attached hydrogens (tertiary/aromatic N) is 1. The molecule has 0 unspecified atom stereocenters. The van der Waals surface area contributed by atoms with Crippen LogP contribution in [0.2, 0.25) is 0 Å². The molecule has 0 aromatic heterocycles. The van der Waals surface area contributed by atoms with Gasteiger partial charge in [-0.1, -0.05) is 91.5 Å². The molecule has 1 atom stereocenters. The minimum Gasteiger partial charge on any atom is -0.284 e. The molecule has 118 valence electrons. The van der Waals surface area contributed by atoms with Crippen LogP contribution in [-0.4, -0.2) is 4.90 Å². The second-order valence-corrected chi connectivity index (χ2v) is 6.38. The van der Waals surface area contributed by atoms with Crippen LogP contribution in [-0.2, 0) is 13.1 Å². The molecule has 3 aromatic rings. The summed E-state index contributed by atoms with van der Waals surface area (Å²) in [6.07, 6.45) is 0. The average molecular weight is 311 g/mol. The molecule has 0 fully saturated rings. The summed E-state index contributed by atoms with van der Waals surface area (Å²) in [4.78, 5) is 2.52. The summed E-state index contributed by atoms with van der Waals surface area (Å²) in [6, 6.07) is 30.2. The van der Waals surface area contributed by atoms with Crippen molar-refractivity contribution in [1.29, 1.82) is 0 Å². The van der Waals surface area contributed by atoms with E-state index in [-0.39, 0.29) is 6.04 Å². The first kappa shape index (κ1) is 14.9. The molecule has 24 heavy (non-hydrogen) atoms. The molecule has 4 rings (SSSR count). The number of fused-ring (bicyclic) bond motifs is 1. The largest absolute Gasteiger partial charge is 0.284 e. The van der Waals surface area contributed by atoms with E-state index in [4.69, 9.17) is 0 Å². The lowest BCUT2D eigenvalue weighted by atomic mass is 9.93. The molecular weight excluding hydrogens is 290 g/mol. The Morgan fingerprint density at radius 3 is 1.79 bits per heavy atom. The molecule has 0 N–H and O–H groups in total. The summed E-state index contributed by atoms with van der Waals surface area (Å²) in [5, 5.41) is 0. The van der Waals surface area contributed by atoms with E-state index in [1.54, 1.807) is 0 Å². The Morgan fingerprint density at radius 2 is 1.21 bits per heavy atom. The Morgan fingerprint density at radius 1 is 0.708 bits per heavy atom. The average Bonchev–Trinajstić information content (AvgIpc) is 3.07. The van der Waals surface area contributed by atoms with Crippen molar-refractivity contribution in [3.05, 3.63) is 114 Å². The lowest BCUT2D eigenvalue weighted by Gasteiger charge is -2.30. The summed E-state index contributed by atoms with van der Waals surface area (Å²) in [6.45, 7) is 6.41. The Labute approximate surface area is 143 Å². The normalized spacial score (nSPS) is 15.0. The SMILES string of the molecule is C=C(c1ccccc1)[C@H](c1ccccc1)N1Cc2ccccc2C1. The van der Waals surface area contributed by atoms with E-state index in [2.05, 4.69) is 96.4 Å². The first-order valence-corrected chi connectivity index (χ1v) is 8.43. The number of benzene rings is 3. The maximum atomic E-state index is 4.47. The third-order valence-electron chi connectivity index (χ3n) is 4.82. The molecule has 0 aliphatic carbocycles. The van der Waals surface area contributed by atoms with Crippen LogP contribution in [0, 0.1) is 0 Å². The first-order valence-electron chi connectivity index (χ1n) is 8.43. The second-order valence-electron chi connectivity index (χ2n) is 6.38. The van der Waals surface area contributed by atoms with Gasteiger partial charge in [-0.15, -0.1) is 0 Å². The zero-order valence-electron chi connectivity index (χ0n) is 13.7. The second kappa shape index (κ2) is 6.46. The van der Waals surface area contributed by atoms with Crippen LogP contribution >= 0.6 is 0 Å². The van der Waals surface area contributed by atoms with Gasteiger partial charge in [0, 0.05) is 13.1 Å². The zero-order valence-corrected chi connectivity index (χ0v) is 13.7. The molecule has 0 radical (unpaired) electrons. The molecule has 0 saturated carbocycles. The lowest BCUT2D eigenvalue weighted by molar-refractivity contribution is 0.244. The van der Waals surface area contributed by atoms with Crippen molar-refractivity contribution >= 4 is 5.57 Å². The van der Waals surface area contributed by atoms with Crippen molar-refractivity contribution in [3.63, 3.8) is 0 Å². The molecule has 1 heterocycles. The van der Waals surface area contributed by atoms with E-state index in [9.17, 15) is 0 Å². The van der Waals surface area contributed by atoms with Gasteiger partial charge in [0.05, 0.1) is 6.04 Å². The molecule has 3 aromatic carbocycles. The molecule has 1 nitrogen and oxygen atoms in total. The smallest absolute Gasteiger partial charge is 0.0607 e. The fourth-order valence-electron chi connectivity index (χ4n) is 3.62. The Hall–Kier alpha value is -2.64. The third-order valence-corrected chi connectivity index (χ3v) is 4.82. The van der Waals surface area contributed by atoms with Gasteiger partial charge in [-0.25, -0.2) is 0 Å². The van der Waals surface area contributed by atoms with Crippen molar-refractivity contribution in [2.24, 2.45) is 0 Å². The molecule has 0 saturated heterocycles. The van der Waals surface area contributed by atoms with Crippen LogP contribution in [0.25, 0.3) is 5.57 Å². The fourth-order valence-corrected chi connectivity index (χ4v) is 3.62. The van der Waals surface area contributed by atoms with Gasteiger partial charge in [0.1, 0.15) is 0 Å². The standard InChI is InChI=1S/C23H21N/c1-18(19-10-4-2-5-11-19)23(20-12-6-3-7-13-20)24-16-21-14-8-9-15-22(21)17-24/h2-15,23H,1,16-17H2/t23-/m1/s1. The maximum absolute atomic E-state index is 4.47. The van der Waals surface area contributed by atoms with E-state index in [0.717, 1.165) is 18.7 Å². The van der Waals surface area contributed by atoms with E-state index < -0.39 is 0 Å². The van der Waals surface area contributed by atoms with Crippen molar-refractivity contribution in [2.75, 3.05) is 0 Å². The molecule has 1 aliphatic heterocycles. The Balaban J connectivity index is 1.71. The van der Waals surface area contributed by atoms with Crippen molar-refractivity contribution in [3.8, 4) is 0 Å². The highest BCUT2D eigenvalue weighted by Gasteiger charge is 2.29. The number of hydrogen-bond acceptors (Lipinski definition) is 1. The van der Waals surface area contributed by atoms with Crippen LogP contribution in [0.4, 0.5) is 0 Å². The van der Waals surface area contributed by atoms with Crippen molar-refractivity contribution in [1.82, 2.24) is 4.90 Å². The predicted molar refractivity (Wildman–Crippen MR) is 100 cm³/mol. The van der Waals surface area contributed by atoms with Gasteiger partial charge in [0.2, 0.25) is 0 Å².